The molecular formula is C30H30Cl2N2O. The number of hydrogen-bond donors (Lipinski definition) is 1. The Kier molecular flexibility index (Phi) is 7.29. The summed E-state index contributed by atoms with van der Waals surface area (Å²) in [5.41, 5.74) is 6.42. The maximum atomic E-state index is 14.2. The van der Waals surface area contributed by atoms with E-state index >= 15 is 0 Å². The molecule has 5 heteroatoms. The molecule has 0 unspecified atom stereocenters. The van der Waals surface area contributed by atoms with Gasteiger partial charge < -0.3 is 10.2 Å². The molecule has 1 aliphatic carbocycles. The van der Waals surface area contributed by atoms with Crippen molar-refractivity contribution in [3.05, 3.63) is 99.5 Å². The fraction of sp³-hybridized carbons (Fsp3) is 0.300. The lowest BCUT2D eigenvalue weighted by Gasteiger charge is -2.33. The fourth-order valence-electron chi connectivity index (χ4n) is 5.02. The topological polar surface area (TPSA) is 32.3 Å². The van der Waals surface area contributed by atoms with Crippen molar-refractivity contribution in [3.63, 3.8) is 0 Å². The summed E-state index contributed by atoms with van der Waals surface area (Å²) < 4.78 is 0. The van der Waals surface area contributed by atoms with E-state index in [-0.39, 0.29) is 18.0 Å². The lowest BCUT2D eigenvalue weighted by atomic mass is 9.86. The quantitative estimate of drug-likeness (QED) is 0.364. The van der Waals surface area contributed by atoms with Crippen LogP contribution in [0.1, 0.15) is 43.7 Å². The average molecular weight is 505 g/mol. The summed E-state index contributed by atoms with van der Waals surface area (Å²) >= 11 is 12.8. The lowest BCUT2D eigenvalue weighted by Crippen LogP contribution is -2.44. The third-order valence-electron chi connectivity index (χ3n) is 7.02. The van der Waals surface area contributed by atoms with Crippen molar-refractivity contribution < 1.29 is 4.79 Å². The summed E-state index contributed by atoms with van der Waals surface area (Å²) in [6, 6.07) is 24.9. The molecule has 1 heterocycles. The number of carbonyl (C=O) groups is 1. The molecule has 180 valence electrons. The number of hydrogen-bond acceptors (Lipinski definition) is 2. The van der Waals surface area contributed by atoms with Crippen LogP contribution in [-0.4, -0.2) is 29.4 Å². The Morgan fingerprint density at radius 2 is 1.66 bits per heavy atom. The Bertz CT molecular complexity index is 1250. The SMILES string of the molecule is CC[C@H]1NCCC(c2cccc(-c3ccccc3)c2)=C1C(=O)N(Cc1cccc(Cl)c1Cl)C1CC1. The van der Waals surface area contributed by atoms with Gasteiger partial charge in [-0.25, -0.2) is 0 Å². The molecule has 3 aromatic rings. The van der Waals surface area contributed by atoms with Gasteiger partial charge in [0.05, 0.1) is 10.0 Å². The third-order valence-corrected chi connectivity index (χ3v) is 7.87. The van der Waals surface area contributed by atoms with Gasteiger partial charge in [0.15, 0.2) is 0 Å². The standard InChI is InChI=1S/C30H30Cl2N2O/c1-2-27-28(30(35)34(24-14-15-24)19-23-12-7-13-26(31)29(23)32)25(16-17-33-27)22-11-6-10-21(18-22)20-8-4-3-5-9-20/h3-13,18,24,27,33H,2,14-17,19H2,1H3/t27-/m1/s1. The van der Waals surface area contributed by atoms with Gasteiger partial charge in [0.25, 0.3) is 5.91 Å². The first-order chi connectivity index (χ1) is 17.1. The van der Waals surface area contributed by atoms with Gasteiger partial charge >= 0.3 is 0 Å². The first-order valence-corrected chi connectivity index (χ1v) is 13.2. The number of nitrogens with one attached hydrogen (secondary N) is 1. The molecule has 3 aromatic carbocycles. The zero-order valence-corrected chi connectivity index (χ0v) is 21.4. The predicted molar refractivity (Wildman–Crippen MR) is 146 cm³/mol. The largest absolute Gasteiger partial charge is 0.331 e. The van der Waals surface area contributed by atoms with Crippen molar-refractivity contribution >= 4 is 34.7 Å². The van der Waals surface area contributed by atoms with Crippen LogP contribution < -0.4 is 5.32 Å². The molecular weight excluding hydrogens is 475 g/mol. The average Bonchev–Trinajstić information content (AvgIpc) is 3.74. The second kappa shape index (κ2) is 10.6. The first-order valence-electron chi connectivity index (χ1n) is 12.4. The second-order valence-corrected chi connectivity index (χ2v) is 10.2. The fourth-order valence-corrected chi connectivity index (χ4v) is 5.40. The number of benzene rings is 3. The van der Waals surface area contributed by atoms with Crippen molar-refractivity contribution in [2.24, 2.45) is 0 Å². The Morgan fingerprint density at radius 1 is 0.943 bits per heavy atom. The van der Waals surface area contributed by atoms with E-state index in [1.807, 2.05) is 23.1 Å². The Hall–Kier alpha value is -2.59. The molecule has 5 rings (SSSR count). The van der Waals surface area contributed by atoms with E-state index in [2.05, 4.69) is 60.8 Å². The van der Waals surface area contributed by atoms with E-state index in [9.17, 15) is 4.79 Å². The summed E-state index contributed by atoms with van der Waals surface area (Å²) in [6.07, 6.45) is 3.74. The summed E-state index contributed by atoms with van der Waals surface area (Å²) in [7, 11) is 0. The maximum Gasteiger partial charge on any atom is 0.252 e. The van der Waals surface area contributed by atoms with Crippen LogP contribution in [0.3, 0.4) is 0 Å². The van der Waals surface area contributed by atoms with Gasteiger partial charge in [0, 0.05) is 24.2 Å². The Labute approximate surface area is 217 Å². The molecule has 2 aliphatic rings. The zero-order chi connectivity index (χ0) is 24.4. The number of rotatable bonds is 7. The molecule has 35 heavy (non-hydrogen) atoms. The minimum absolute atomic E-state index is 0.0303. The van der Waals surface area contributed by atoms with E-state index in [1.54, 1.807) is 6.07 Å². The normalized spacial score (nSPS) is 18.0. The van der Waals surface area contributed by atoms with Gasteiger partial charge in [-0.1, -0.05) is 90.8 Å². The smallest absolute Gasteiger partial charge is 0.252 e. The van der Waals surface area contributed by atoms with Crippen LogP contribution in [0, 0.1) is 0 Å². The highest BCUT2D eigenvalue weighted by Gasteiger charge is 2.38. The minimum Gasteiger partial charge on any atom is -0.331 e. The van der Waals surface area contributed by atoms with Gasteiger partial charge in [-0.15, -0.1) is 0 Å². The van der Waals surface area contributed by atoms with Crippen molar-refractivity contribution in [2.45, 2.75) is 51.2 Å². The van der Waals surface area contributed by atoms with Gasteiger partial charge in [-0.2, -0.15) is 0 Å². The van der Waals surface area contributed by atoms with Crippen LogP contribution >= 0.6 is 23.2 Å². The number of nitrogens with zero attached hydrogens (tertiary/aromatic N) is 1. The molecule has 0 saturated heterocycles. The van der Waals surface area contributed by atoms with E-state index in [0.717, 1.165) is 54.5 Å². The first kappa shape index (κ1) is 24.1. The molecule has 1 fully saturated rings. The molecule has 1 saturated carbocycles. The van der Waals surface area contributed by atoms with Crippen molar-refractivity contribution in [2.75, 3.05) is 6.54 Å². The van der Waals surface area contributed by atoms with Crippen LogP contribution in [0.5, 0.6) is 0 Å². The number of amides is 1. The van der Waals surface area contributed by atoms with Crippen LogP contribution in [0.2, 0.25) is 10.0 Å². The van der Waals surface area contributed by atoms with E-state index in [4.69, 9.17) is 23.2 Å². The van der Waals surface area contributed by atoms with Gasteiger partial charge in [-0.05, 0) is 72.2 Å². The molecule has 1 amide bonds. The summed E-state index contributed by atoms with van der Waals surface area (Å²) in [5, 5.41) is 4.65. The van der Waals surface area contributed by atoms with E-state index in [0.29, 0.717) is 16.6 Å². The maximum absolute atomic E-state index is 14.2. The number of carbonyl (C=O) groups excluding carboxylic acids is 1. The highest BCUT2D eigenvalue weighted by Crippen LogP contribution is 2.37. The zero-order valence-electron chi connectivity index (χ0n) is 19.9. The van der Waals surface area contributed by atoms with Crippen LogP contribution in [0.15, 0.2) is 78.4 Å². The van der Waals surface area contributed by atoms with Crippen molar-refractivity contribution in [3.8, 4) is 11.1 Å². The van der Waals surface area contributed by atoms with Gasteiger partial charge in [0.2, 0.25) is 0 Å². The highest BCUT2D eigenvalue weighted by molar-refractivity contribution is 6.42. The molecule has 0 radical (unpaired) electrons. The lowest BCUT2D eigenvalue weighted by molar-refractivity contribution is -0.128. The van der Waals surface area contributed by atoms with E-state index in [1.165, 1.54) is 11.1 Å². The van der Waals surface area contributed by atoms with Gasteiger partial charge in [0.1, 0.15) is 0 Å². The Balaban J connectivity index is 1.55. The minimum atomic E-state index is 0.0303. The predicted octanol–water partition coefficient (Wildman–Crippen LogP) is 7.38. The highest BCUT2D eigenvalue weighted by atomic mass is 35.5. The van der Waals surface area contributed by atoms with Crippen molar-refractivity contribution in [1.82, 2.24) is 10.2 Å². The molecule has 0 aromatic heterocycles. The van der Waals surface area contributed by atoms with Crippen molar-refractivity contribution in [1.29, 1.82) is 0 Å². The van der Waals surface area contributed by atoms with Crippen LogP contribution in [0.4, 0.5) is 0 Å². The van der Waals surface area contributed by atoms with E-state index < -0.39 is 0 Å². The summed E-state index contributed by atoms with van der Waals surface area (Å²) in [5.74, 6) is 0.114. The molecule has 0 bridgehead atoms. The van der Waals surface area contributed by atoms with Crippen LogP contribution in [-0.2, 0) is 11.3 Å². The van der Waals surface area contributed by atoms with Gasteiger partial charge in [-0.3, -0.25) is 4.79 Å². The monoisotopic (exact) mass is 504 g/mol. The van der Waals surface area contributed by atoms with Crippen LogP contribution in [0.25, 0.3) is 16.7 Å². The summed E-state index contributed by atoms with van der Waals surface area (Å²) in [4.78, 5) is 16.3. The molecule has 0 spiro atoms. The molecule has 1 N–H and O–H groups in total. The molecule has 1 aliphatic heterocycles. The molecule has 3 nitrogen and oxygen atoms in total. The Morgan fingerprint density at radius 3 is 2.40 bits per heavy atom. The third kappa shape index (κ3) is 5.18. The molecule has 1 atom stereocenters. The summed E-state index contributed by atoms with van der Waals surface area (Å²) in [6.45, 7) is 3.48. The second-order valence-electron chi connectivity index (χ2n) is 9.38. The number of halogens is 2.